The number of carbonyl (C=O) groups excluding carboxylic acids is 3. The number of carbonyl (C=O) groups is 5. The number of aliphatic carboxylic acids is 2. The van der Waals surface area contributed by atoms with Gasteiger partial charge in [0.2, 0.25) is 12.5 Å². The molecule has 2 aliphatic rings. The topological polar surface area (TPSA) is 145 Å². The number of pyridine rings is 1. The van der Waals surface area contributed by atoms with E-state index in [1.54, 1.807) is 42.7 Å². The second-order valence-corrected chi connectivity index (χ2v) is 12.3. The Morgan fingerprint density at radius 2 is 1.82 bits per heavy atom. The highest BCUT2D eigenvalue weighted by atomic mass is 35.5. The predicted molar refractivity (Wildman–Crippen MR) is 147 cm³/mol. The van der Waals surface area contributed by atoms with Crippen LogP contribution in [-0.2, 0) is 30.5 Å². The molecule has 4 rings (SSSR count). The Morgan fingerprint density at radius 1 is 1.10 bits per heavy atom. The van der Waals surface area contributed by atoms with E-state index in [4.69, 9.17) is 28.3 Å². The van der Waals surface area contributed by atoms with Crippen molar-refractivity contribution in [3.63, 3.8) is 0 Å². The molecule has 0 unspecified atom stereocenters. The van der Waals surface area contributed by atoms with Gasteiger partial charge in [-0.2, -0.15) is 4.57 Å². The Morgan fingerprint density at radius 3 is 2.49 bits per heavy atom. The van der Waals surface area contributed by atoms with Crippen molar-refractivity contribution in [2.75, 3.05) is 17.3 Å². The normalized spacial score (nSPS) is 18.3. The molecule has 39 heavy (non-hydrogen) atoms. The number of hydrogen-bond acceptors (Lipinski definition) is 8. The molecule has 0 aliphatic carbocycles. The third-order valence-electron chi connectivity index (χ3n) is 5.66. The van der Waals surface area contributed by atoms with Crippen molar-refractivity contribution in [3.8, 4) is 0 Å². The van der Waals surface area contributed by atoms with Gasteiger partial charge >= 0.3 is 17.7 Å². The van der Waals surface area contributed by atoms with Crippen LogP contribution in [0.5, 0.6) is 0 Å². The lowest BCUT2D eigenvalue weighted by Crippen LogP contribution is -2.70. The average Bonchev–Trinajstić information content (AvgIpc) is 2.91. The first-order valence-corrected chi connectivity index (χ1v) is 15.0. The number of halogens is 2. The number of fused-ring (bicyclic) bond motifs is 1. The van der Waals surface area contributed by atoms with E-state index in [0.717, 1.165) is 4.90 Å². The molecule has 2 aliphatic heterocycles. The third kappa shape index (κ3) is 6.90. The van der Waals surface area contributed by atoms with E-state index in [2.05, 4.69) is 5.32 Å². The number of Topliss-reactive ketones (excluding diaryl/α,β-unsaturated/α-hetero) is 1. The molecule has 2 aromatic rings. The van der Waals surface area contributed by atoms with Gasteiger partial charge in [-0.15, -0.1) is 35.3 Å². The minimum atomic E-state index is -1.51. The van der Waals surface area contributed by atoms with Crippen molar-refractivity contribution >= 4 is 88.0 Å². The van der Waals surface area contributed by atoms with Gasteiger partial charge in [0.25, 0.3) is 5.91 Å². The van der Waals surface area contributed by atoms with Gasteiger partial charge in [-0.25, -0.2) is 9.59 Å². The number of nitrogens with one attached hydrogen (secondary N) is 1. The summed E-state index contributed by atoms with van der Waals surface area (Å²) in [7, 11) is 0. The van der Waals surface area contributed by atoms with Crippen molar-refractivity contribution < 1.29 is 38.8 Å². The molecule has 3 N–H and O–H groups in total. The van der Waals surface area contributed by atoms with Gasteiger partial charge in [0.1, 0.15) is 17.1 Å². The van der Waals surface area contributed by atoms with E-state index in [9.17, 15) is 29.1 Å². The highest BCUT2D eigenvalue weighted by Gasteiger charge is 2.54. The Labute approximate surface area is 245 Å². The molecule has 10 nitrogen and oxygen atoms in total. The molecule has 15 heteroatoms. The van der Waals surface area contributed by atoms with E-state index in [0.29, 0.717) is 32.0 Å². The zero-order valence-electron chi connectivity index (χ0n) is 19.8. The second-order valence-electron chi connectivity index (χ2n) is 8.30. The Balaban J connectivity index is 1.36. The number of amides is 2. The number of benzene rings is 1. The van der Waals surface area contributed by atoms with Crippen LogP contribution in [0, 0.1) is 0 Å². The lowest BCUT2D eigenvalue weighted by Gasteiger charge is -2.49. The smallest absolute Gasteiger partial charge is 0.379 e. The largest absolute Gasteiger partial charge is 0.477 e. The minimum Gasteiger partial charge on any atom is -0.477 e. The quantitative estimate of drug-likeness (QED) is 0.147. The fourth-order valence-electron chi connectivity index (χ4n) is 3.79. The zero-order valence-corrected chi connectivity index (χ0v) is 23.8. The van der Waals surface area contributed by atoms with E-state index >= 15 is 0 Å². The average molecular weight is 630 g/mol. The number of ketones is 1. The van der Waals surface area contributed by atoms with Gasteiger partial charge < -0.3 is 15.5 Å². The second kappa shape index (κ2) is 12.6. The summed E-state index contributed by atoms with van der Waals surface area (Å²) in [5.41, 5.74) is 0.482. The molecule has 0 spiro atoms. The van der Waals surface area contributed by atoms with Gasteiger partial charge in [-0.1, -0.05) is 23.2 Å². The molecule has 2 atom stereocenters. The summed E-state index contributed by atoms with van der Waals surface area (Å²) in [5.74, 6) is -3.88. The molecule has 1 saturated heterocycles. The molecule has 0 saturated carbocycles. The van der Waals surface area contributed by atoms with Crippen LogP contribution >= 0.6 is 58.5 Å². The maximum Gasteiger partial charge on any atom is 0.379 e. The number of hydrogen-bond donors (Lipinski definition) is 3. The van der Waals surface area contributed by atoms with Crippen LogP contribution in [0.3, 0.4) is 0 Å². The Bertz CT molecular complexity index is 1390. The molecule has 204 valence electrons. The Kier molecular flexibility index (Phi) is 9.49. The minimum absolute atomic E-state index is 0.00624. The van der Waals surface area contributed by atoms with E-state index < -0.39 is 35.0 Å². The molecule has 2 amide bonds. The molecule has 0 radical (unpaired) electrons. The first kappa shape index (κ1) is 29.3. The van der Waals surface area contributed by atoms with Crippen molar-refractivity contribution in [1.29, 1.82) is 0 Å². The highest BCUT2D eigenvalue weighted by Crippen LogP contribution is 2.41. The van der Waals surface area contributed by atoms with Crippen LogP contribution in [0.4, 0.5) is 0 Å². The molecule has 1 aromatic carbocycles. The van der Waals surface area contributed by atoms with Gasteiger partial charge in [0.15, 0.2) is 12.4 Å². The molecule has 1 aromatic heterocycles. The summed E-state index contributed by atoms with van der Waals surface area (Å²) in [6, 6.07) is 7.46. The third-order valence-corrected chi connectivity index (χ3v) is 9.83. The van der Waals surface area contributed by atoms with Crippen LogP contribution in [0.2, 0.25) is 10.0 Å². The van der Waals surface area contributed by atoms with Crippen LogP contribution in [0.15, 0.2) is 63.8 Å². The summed E-state index contributed by atoms with van der Waals surface area (Å²) in [4.78, 5) is 62.2. The lowest BCUT2D eigenvalue weighted by molar-refractivity contribution is -0.684. The summed E-state index contributed by atoms with van der Waals surface area (Å²) in [6.45, 7) is -0.297. The zero-order chi connectivity index (χ0) is 28.3. The maximum atomic E-state index is 12.9. The molecular weight excluding hydrogens is 609 g/mol. The summed E-state index contributed by atoms with van der Waals surface area (Å²) < 4.78 is 1.43. The van der Waals surface area contributed by atoms with Crippen LogP contribution in [0.25, 0.3) is 0 Å². The number of rotatable bonds is 11. The van der Waals surface area contributed by atoms with E-state index in [-0.39, 0.29) is 23.9 Å². The number of aromatic nitrogens is 1. The molecule has 3 heterocycles. The molecular formula is C24H20Cl2N3O7S3+. The van der Waals surface area contributed by atoms with Gasteiger partial charge in [-0.3, -0.25) is 19.3 Å². The van der Waals surface area contributed by atoms with Crippen LogP contribution < -0.4 is 9.88 Å². The number of carboxylic acid groups (broad SMARTS) is 2. The van der Waals surface area contributed by atoms with E-state index in [1.807, 2.05) is 0 Å². The standard InChI is InChI=1S/C24H19Cl2N3O7S3/c25-13-1-2-15(26)17(7-13)38-11-18(31)27-19-21(32)29-20(24(35)36)12(10-39-22(19)29)9-37-14-3-5-28(6-4-14)8-16(30)23(33)34/h1-7,19,22H,8-11H2,(H2-,27,31,33,34,35,36)/p+1/t19-,22-/m1/s1. The van der Waals surface area contributed by atoms with Gasteiger partial charge in [0, 0.05) is 38.5 Å². The lowest BCUT2D eigenvalue weighted by atomic mass is 10.0. The van der Waals surface area contributed by atoms with Crippen molar-refractivity contribution in [1.82, 2.24) is 10.2 Å². The van der Waals surface area contributed by atoms with Crippen molar-refractivity contribution in [3.05, 3.63) is 64.0 Å². The predicted octanol–water partition coefficient (Wildman–Crippen LogP) is 2.56. The van der Waals surface area contributed by atoms with Gasteiger partial charge in [-0.05, 0) is 23.8 Å². The van der Waals surface area contributed by atoms with Gasteiger partial charge in [0.05, 0.1) is 10.8 Å². The molecule has 1 fully saturated rings. The number of β-lactam (4-membered cyclic amide) rings is 1. The van der Waals surface area contributed by atoms with Crippen molar-refractivity contribution in [2.45, 2.75) is 27.8 Å². The first-order valence-electron chi connectivity index (χ1n) is 11.2. The summed E-state index contributed by atoms with van der Waals surface area (Å²) >= 11 is 16.0. The van der Waals surface area contributed by atoms with Crippen molar-refractivity contribution in [2.24, 2.45) is 0 Å². The summed E-state index contributed by atoms with van der Waals surface area (Å²) in [6.07, 6.45) is 3.12. The number of thioether (sulfide) groups is 3. The number of nitrogens with zero attached hydrogens (tertiary/aromatic N) is 2. The maximum absolute atomic E-state index is 12.9. The van der Waals surface area contributed by atoms with Crippen LogP contribution in [-0.4, -0.2) is 73.3 Å². The van der Waals surface area contributed by atoms with Crippen LogP contribution in [0.1, 0.15) is 0 Å². The number of carboxylic acids is 2. The van der Waals surface area contributed by atoms with E-state index in [1.165, 1.54) is 44.8 Å². The summed E-state index contributed by atoms with van der Waals surface area (Å²) in [5, 5.41) is 21.7. The Hall–Kier alpha value is -2.71. The monoisotopic (exact) mass is 628 g/mol. The fraction of sp³-hybridized carbons (Fsp3) is 0.250. The first-order chi connectivity index (χ1) is 18.5. The highest BCUT2D eigenvalue weighted by molar-refractivity contribution is 8.01. The fourth-order valence-corrected chi connectivity index (χ4v) is 7.46. The molecule has 0 bridgehead atoms. The SMILES string of the molecule is O=C(CSc1cc(Cl)ccc1Cl)N[C@@H]1C(=O)N2C(C(=O)O)=C(CSc3cc[n+](CC(=O)C(=O)O)cc3)CS[C@H]12.